The van der Waals surface area contributed by atoms with Crippen molar-refractivity contribution in [2.24, 2.45) is 0 Å². The number of ether oxygens (including phenoxy) is 1. The predicted octanol–water partition coefficient (Wildman–Crippen LogP) is 5.12. The van der Waals surface area contributed by atoms with Crippen molar-refractivity contribution in [2.45, 2.75) is 13.5 Å². The number of nitro groups is 1. The second kappa shape index (κ2) is 6.94. The molecule has 0 saturated heterocycles. The van der Waals surface area contributed by atoms with Gasteiger partial charge in [-0.15, -0.1) is 11.3 Å². The van der Waals surface area contributed by atoms with Crippen molar-refractivity contribution in [3.05, 3.63) is 76.2 Å². The molecule has 0 atom stereocenters. The summed E-state index contributed by atoms with van der Waals surface area (Å²) in [7, 11) is 1.68. The number of nitro benzene ring substituents is 1. The highest BCUT2D eigenvalue weighted by atomic mass is 32.1. The van der Waals surface area contributed by atoms with Gasteiger partial charge in [0.2, 0.25) is 0 Å². The fraction of sp³-hybridized carbons (Fsp3) is 0.150. The van der Waals surface area contributed by atoms with Gasteiger partial charge in [-0.05, 0) is 48.4 Å². The molecule has 0 N–H and O–H groups in total. The molecule has 0 unspecified atom stereocenters. The standard InChI is InChI=1S/C20H17N3O3S/c1-13-11-15(12-26-2)17-18(22-9-3-4-10-22)19(27-20(17)21-13)14-5-7-16(8-6-14)23(24)25/h3-11H,12H2,1-2H3. The number of thiophene rings is 1. The van der Waals surface area contributed by atoms with Gasteiger partial charge in [0.25, 0.3) is 5.69 Å². The molecule has 27 heavy (non-hydrogen) atoms. The maximum Gasteiger partial charge on any atom is 0.269 e. The fourth-order valence-electron chi connectivity index (χ4n) is 3.23. The van der Waals surface area contributed by atoms with E-state index in [1.54, 1.807) is 30.6 Å². The van der Waals surface area contributed by atoms with Crippen LogP contribution >= 0.6 is 11.3 Å². The van der Waals surface area contributed by atoms with E-state index in [2.05, 4.69) is 4.57 Å². The molecule has 0 aliphatic heterocycles. The largest absolute Gasteiger partial charge is 0.380 e. The van der Waals surface area contributed by atoms with Crippen LogP contribution in [0.15, 0.2) is 54.9 Å². The van der Waals surface area contributed by atoms with Crippen LogP contribution in [0.25, 0.3) is 26.3 Å². The summed E-state index contributed by atoms with van der Waals surface area (Å²) in [4.78, 5) is 17.3. The normalized spacial score (nSPS) is 11.2. The molecule has 6 nitrogen and oxygen atoms in total. The monoisotopic (exact) mass is 379 g/mol. The third-order valence-corrected chi connectivity index (χ3v) is 5.47. The van der Waals surface area contributed by atoms with Gasteiger partial charge in [0.15, 0.2) is 0 Å². The second-order valence-electron chi connectivity index (χ2n) is 6.21. The Bertz CT molecular complexity index is 1120. The van der Waals surface area contributed by atoms with Gasteiger partial charge in [0, 0.05) is 42.7 Å². The molecular weight excluding hydrogens is 362 g/mol. The summed E-state index contributed by atoms with van der Waals surface area (Å²) in [5.41, 5.74) is 4.04. The van der Waals surface area contributed by atoms with E-state index in [0.717, 1.165) is 37.6 Å². The van der Waals surface area contributed by atoms with Crippen LogP contribution in [0.3, 0.4) is 0 Å². The van der Waals surface area contributed by atoms with Crippen molar-refractivity contribution in [2.75, 3.05) is 7.11 Å². The van der Waals surface area contributed by atoms with E-state index in [4.69, 9.17) is 9.72 Å². The summed E-state index contributed by atoms with van der Waals surface area (Å²) in [5, 5.41) is 12.0. The van der Waals surface area contributed by atoms with Crippen molar-refractivity contribution in [1.29, 1.82) is 0 Å². The maximum absolute atomic E-state index is 11.0. The molecule has 0 aliphatic carbocycles. The number of fused-ring (bicyclic) bond motifs is 1. The molecule has 7 heteroatoms. The minimum Gasteiger partial charge on any atom is -0.380 e. The molecule has 4 aromatic rings. The average Bonchev–Trinajstić information content (AvgIpc) is 3.29. The lowest BCUT2D eigenvalue weighted by atomic mass is 10.1. The van der Waals surface area contributed by atoms with E-state index in [9.17, 15) is 10.1 Å². The van der Waals surface area contributed by atoms with Gasteiger partial charge in [0.1, 0.15) is 4.83 Å². The third-order valence-electron chi connectivity index (χ3n) is 4.35. The number of methoxy groups -OCH3 is 1. The first-order valence-electron chi connectivity index (χ1n) is 8.38. The van der Waals surface area contributed by atoms with Gasteiger partial charge in [-0.3, -0.25) is 10.1 Å². The molecule has 0 aliphatic rings. The molecule has 3 aromatic heterocycles. The van der Waals surface area contributed by atoms with Crippen molar-refractivity contribution in [3.63, 3.8) is 0 Å². The van der Waals surface area contributed by atoms with E-state index in [0.29, 0.717) is 6.61 Å². The zero-order valence-electron chi connectivity index (χ0n) is 14.9. The lowest BCUT2D eigenvalue weighted by molar-refractivity contribution is -0.384. The minimum absolute atomic E-state index is 0.0800. The van der Waals surface area contributed by atoms with Crippen molar-refractivity contribution in [1.82, 2.24) is 9.55 Å². The van der Waals surface area contributed by atoms with E-state index < -0.39 is 0 Å². The number of rotatable bonds is 5. The minimum atomic E-state index is -0.386. The number of hydrogen-bond donors (Lipinski definition) is 0. The molecule has 136 valence electrons. The Balaban J connectivity index is 2.01. The SMILES string of the molecule is COCc1cc(C)nc2sc(-c3ccc([N+](=O)[O-])cc3)c(-n3cccc3)c12. The van der Waals surface area contributed by atoms with Crippen LogP contribution in [0.5, 0.6) is 0 Å². The maximum atomic E-state index is 11.0. The molecule has 3 heterocycles. The number of hydrogen-bond acceptors (Lipinski definition) is 5. The van der Waals surface area contributed by atoms with Gasteiger partial charge >= 0.3 is 0 Å². The van der Waals surface area contributed by atoms with Crippen molar-refractivity contribution in [3.8, 4) is 16.1 Å². The topological polar surface area (TPSA) is 70.2 Å². The molecule has 0 fully saturated rings. The summed E-state index contributed by atoms with van der Waals surface area (Å²) < 4.78 is 7.47. The third kappa shape index (κ3) is 3.11. The van der Waals surface area contributed by atoms with E-state index >= 15 is 0 Å². The Labute approximate surface area is 159 Å². The summed E-state index contributed by atoms with van der Waals surface area (Å²) in [6.07, 6.45) is 3.99. The molecule has 1 aromatic carbocycles. The first-order chi connectivity index (χ1) is 13.1. The molecule has 0 spiro atoms. The van der Waals surface area contributed by atoms with E-state index in [1.165, 1.54) is 12.1 Å². The zero-order valence-corrected chi connectivity index (χ0v) is 15.7. The highest BCUT2D eigenvalue weighted by Crippen LogP contribution is 2.42. The summed E-state index contributed by atoms with van der Waals surface area (Å²) in [6, 6.07) is 12.6. The average molecular weight is 379 g/mol. The Kier molecular flexibility index (Phi) is 4.47. The molecule has 0 saturated carbocycles. The second-order valence-corrected chi connectivity index (χ2v) is 7.21. The number of pyridine rings is 1. The Morgan fingerprint density at radius 2 is 1.93 bits per heavy atom. The molecule has 0 amide bonds. The van der Waals surface area contributed by atoms with Crippen LogP contribution in [0, 0.1) is 17.0 Å². The smallest absolute Gasteiger partial charge is 0.269 e. The van der Waals surface area contributed by atoms with Crippen LogP contribution in [0.2, 0.25) is 0 Å². The number of benzene rings is 1. The number of aryl methyl sites for hydroxylation is 1. The van der Waals surface area contributed by atoms with Gasteiger partial charge < -0.3 is 9.30 Å². The van der Waals surface area contributed by atoms with E-state index in [-0.39, 0.29) is 10.6 Å². The Hall–Kier alpha value is -3.03. The van der Waals surface area contributed by atoms with Gasteiger partial charge in [-0.2, -0.15) is 0 Å². The van der Waals surface area contributed by atoms with Crippen LogP contribution in [0.4, 0.5) is 5.69 Å². The Morgan fingerprint density at radius 1 is 1.22 bits per heavy atom. The van der Waals surface area contributed by atoms with Gasteiger partial charge in [0.05, 0.1) is 22.1 Å². The van der Waals surface area contributed by atoms with E-state index in [1.807, 2.05) is 37.5 Å². The first kappa shape index (κ1) is 17.4. The Morgan fingerprint density at radius 3 is 2.56 bits per heavy atom. The molecular formula is C20H17N3O3S. The molecule has 0 radical (unpaired) electrons. The quantitative estimate of drug-likeness (QED) is 0.357. The number of non-ortho nitro benzene ring substituents is 1. The molecule has 0 bridgehead atoms. The van der Waals surface area contributed by atoms with Crippen LogP contribution < -0.4 is 0 Å². The predicted molar refractivity (Wildman–Crippen MR) is 106 cm³/mol. The van der Waals surface area contributed by atoms with Crippen molar-refractivity contribution < 1.29 is 9.66 Å². The number of aromatic nitrogens is 2. The first-order valence-corrected chi connectivity index (χ1v) is 9.20. The fourth-order valence-corrected chi connectivity index (χ4v) is 4.50. The van der Waals surface area contributed by atoms with Crippen LogP contribution in [0.1, 0.15) is 11.3 Å². The zero-order chi connectivity index (χ0) is 19.0. The van der Waals surface area contributed by atoms with Crippen molar-refractivity contribution >= 4 is 27.2 Å². The van der Waals surface area contributed by atoms with Gasteiger partial charge in [-0.1, -0.05) is 0 Å². The lowest BCUT2D eigenvalue weighted by Gasteiger charge is -2.10. The highest BCUT2D eigenvalue weighted by molar-refractivity contribution is 7.22. The summed E-state index contributed by atoms with van der Waals surface area (Å²) in [6.45, 7) is 2.46. The molecule has 4 rings (SSSR count). The highest BCUT2D eigenvalue weighted by Gasteiger charge is 2.20. The lowest BCUT2D eigenvalue weighted by Crippen LogP contribution is -1.97. The summed E-state index contributed by atoms with van der Waals surface area (Å²) in [5.74, 6) is 0. The van der Waals surface area contributed by atoms with Crippen LogP contribution in [-0.4, -0.2) is 21.6 Å². The summed E-state index contributed by atoms with van der Waals surface area (Å²) >= 11 is 1.59. The van der Waals surface area contributed by atoms with Gasteiger partial charge in [-0.25, -0.2) is 4.98 Å². The number of nitrogens with zero attached hydrogens (tertiary/aromatic N) is 3. The van der Waals surface area contributed by atoms with Crippen LogP contribution in [-0.2, 0) is 11.3 Å².